The van der Waals surface area contributed by atoms with Crippen molar-refractivity contribution >= 4 is 40.4 Å². The van der Waals surface area contributed by atoms with Crippen molar-refractivity contribution in [1.82, 2.24) is 0 Å². The summed E-state index contributed by atoms with van der Waals surface area (Å²) in [6.07, 6.45) is 1.48. The van der Waals surface area contributed by atoms with Crippen LogP contribution in [0.4, 0.5) is 0 Å². The van der Waals surface area contributed by atoms with Gasteiger partial charge in [-0.3, -0.25) is 4.79 Å². The van der Waals surface area contributed by atoms with Gasteiger partial charge in [0, 0.05) is 6.04 Å². The summed E-state index contributed by atoms with van der Waals surface area (Å²) >= 11 is 0. The van der Waals surface area contributed by atoms with Crippen LogP contribution >= 0.6 is 0 Å². The lowest BCUT2D eigenvalue weighted by atomic mass is 9.91. The summed E-state index contributed by atoms with van der Waals surface area (Å²) in [5.74, 6) is -0.138. The zero-order valence-corrected chi connectivity index (χ0v) is 22.9. The average Bonchev–Trinajstić information content (AvgIpc) is 2.38. The Morgan fingerprint density at radius 1 is 0.962 bits per heavy atom. The van der Waals surface area contributed by atoms with Crippen LogP contribution in [0.5, 0.6) is 0 Å². The molecule has 26 heavy (non-hydrogen) atoms. The minimum Gasteiger partial charge on any atom is -0.465 e. The lowest BCUT2D eigenvalue weighted by Gasteiger charge is -2.40. The maximum absolute atomic E-state index is 12.2. The molecule has 0 rings (SSSR count). The van der Waals surface area contributed by atoms with E-state index in [-0.39, 0.29) is 5.97 Å². The molecule has 0 bridgehead atoms. The number of hydrogen-bond donors (Lipinski definition) is 0. The van der Waals surface area contributed by atoms with Crippen LogP contribution in [-0.4, -0.2) is 47.1 Å². The van der Waals surface area contributed by atoms with Crippen LogP contribution in [0, 0.1) is 5.41 Å². The molecule has 0 aromatic rings. The van der Waals surface area contributed by atoms with Gasteiger partial charge in [-0.1, -0.05) is 6.92 Å². The lowest BCUT2D eigenvalue weighted by Crippen LogP contribution is -2.58. The van der Waals surface area contributed by atoms with Crippen molar-refractivity contribution in [2.24, 2.45) is 5.41 Å². The first-order chi connectivity index (χ1) is 11.5. The van der Waals surface area contributed by atoms with Crippen molar-refractivity contribution in [1.29, 1.82) is 0 Å². The molecule has 0 aromatic carbocycles. The molecule has 0 amide bonds. The number of hydrogen-bond acceptors (Lipinski definition) is 5. The summed E-state index contributed by atoms with van der Waals surface area (Å²) < 4.78 is 25.0. The van der Waals surface area contributed by atoms with Gasteiger partial charge in [-0.2, -0.15) is 0 Å². The molecule has 0 unspecified atom stereocenters. The summed E-state index contributed by atoms with van der Waals surface area (Å²) in [5, 5.41) is 0. The van der Waals surface area contributed by atoms with Crippen molar-refractivity contribution in [3.8, 4) is 0 Å². The summed E-state index contributed by atoms with van der Waals surface area (Å²) in [5.41, 5.74) is -0.433. The molecule has 0 saturated heterocycles. The molecule has 0 fully saturated rings. The van der Waals surface area contributed by atoms with E-state index < -0.39 is 39.9 Å². The fourth-order valence-corrected chi connectivity index (χ4v) is 15.6. The topological polar surface area (TPSA) is 54.0 Å². The second-order valence-corrected chi connectivity index (χ2v) is 24.2. The predicted molar refractivity (Wildman–Crippen MR) is 118 cm³/mol. The average molecular weight is 438 g/mol. The van der Waals surface area contributed by atoms with E-state index in [1.54, 1.807) is 0 Å². The van der Waals surface area contributed by atoms with Gasteiger partial charge in [0.2, 0.25) is 0 Å². The molecule has 0 aliphatic carbocycles. The van der Waals surface area contributed by atoms with Gasteiger partial charge in [0.15, 0.2) is 25.7 Å². The third kappa shape index (κ3) is 11.1. The Kier molecular flexibility index (Phi) is 10.2. The Morgan fingerprint density at radius 2 is 1.42 bits per heavy atom. The van der Waals surface area contributed by atoms with Crippen LogP contribution in [0.25, 0.3) is 0 Å². The third-order valence-electron chi connectivity index (χ3n) is 3.58. The first-order valence-corrected chi connectivity index (χ1v) is 20.7. The Labute approximate surface area is 166 Å². The van der Waals surface area contributed by atoms with Crippen LogP contribution in [0.2, 0.25) is 58.4 Å². The minimum atomic E-state index is -2.78. The highest BCUT2D eigenvalue weighted by Crippen LogP contribution is 2.28. The van der Waals surface area contributed by atoms with Crippen LogP contribution < -0.4 is 0 Å². The van der Waals surface area contributed by atoms with Gasteiger partial charge in [0.05, 0.1) is 12.0 Å². The molecule has 0 aliphatic heterocycles. The lowest BCUT2D eigenvalue weighted by molar-refractivity contribution is -0.154. The standard InChI is InChI=1S/C17H41O5Si4/c1-12-17(2,3)16(18)19-14-13-15-26(20-23(4)5,21-24(6,7)8)22-25(9,10)11/h12-15H2,1-11H3. The van der Waals surface area contributed by atoms with Gasteiger partial charge in [0.1, 0.15) is 0 Å². The second-order valence-electron chi connectivity index (χ2n) is 9.60. The van der Waals surface area contributed by atoms with E-state index in [1.165, 1.54) is 0 Å². The number of rotatable bonds is 12. The van der Waals surface area contributed by atoms with Crippen molar-refractivity contribution in [3.63, 3.8) is 0 Å². The van der Waals surface area contributed by atoms with Crippen molar-refractivity contribution < 1.29 is 21.9 Å². The van der Waals surface area contributed by atoms with Crippen LogP contribution in [0.1, 0.15) is 33.6 Å². The largest absolute Gasteiger partial charge is 0.469 e. The number of esters is 1. The van der Waals surface area contributed by atoms with Crippen LogP contribution in [-0.2, 0) is 21.9 Å². The highest BCUT2D eigenvalue weighted by molar-refractivity contribution is 6.87. The molecule has 0 aliphatic rings. The Morgan fingerprint density at radius 3 is 1.77 bits per heavy atom. The maximum atomic E-state index is 12.2. The molecule has 0 N–H and O–H groups in total. The van der Waals surface area contributed by atoms with E-state index in [4.69, 9.17) is 17.1 Å². The quantitative estimate of drug-likeness (QED) is 0.236. The maximum Gasteiger partial charge on any atom is 0.469 e. The van der Waals surface area contributed by atoms with Gasteiger partial charge in [-0.15, -0.1) is 0 Å². The molecule has 155 valence electrons. The zero-order chi connectivity index (χ0) is 20.8. The van der Waals surface area contributed by atoms with Gasteiger partial charge in [-0.25, -0.2) is 0 Å². The van der Waals surface area contributed by atoms with E-state index in [1.807, 2.05) is 20.8 Å². The smallest absolute Gasteiger partial charge is 0.465 e. The summed E-state index contributed by atoms with van der Waals surface area (Å²) in [6, 6.07) is 0.706. The van der Waals surface area contributed by atoms with Crippen LogP contribution in [0.15, 0.2) is 0 Å². The molecule has 1 radical (unpaired) electrons. The molecule has 5 nitrogen and oxygen atoms in total. The first kappa shape index (κ1) is 26.2. The van der Waals surface area contributed by atoms with Crippen molar-refractivity contribution in [2.45, 2.75) is 92.0 Å². The highest BCUT2D eigenvalue weighted by atomic mass is 28.5. The number of carbonyl (C=O) groups is 1. The molecule has 0 saturated carbocycles. The summed E-state index contributed by atoms with van der Waals surface area (Å²) in [7, 11) is -7.41. The summed E-state index contributed by atoms with van der Waals surface area (Å²) in [6.45, 7) is 23.5. The normalized spacial score (nSPS) is 14.0. The number of ether oxygens (including phenoxy) is 1. The molecular formula is C17H41O5Si4. The number of carbonyl (C=O) groups excluding carboxylic acids is 1. The Bertz CT molecular complexity index is 425. The molecule has 9 heteroatoms. The second kappa shape index (κ2) is 10.1. The summed E-state index contributed by atoms with van der Waals surface area (Å²) in [4.78, 5) is 12.2. The van der Waals surface area contributed by atoms with E-state index in [0.717, 1.165) is 6.42 Å². The first-order valence-electron chi connectivity index (χ1n) is 9.59. The monoisotopic (exact) mass is 437 g/mol. The van der Waals surface area contributed by atoms with E-state index >= 15 is 0 Å². The molecule has 0 spiro atoms. The van der Waals surface area contributed by atoms with Gasteiger partial charge in [-0.05, 0) is 79.1 Å². The van der Waals surface area contributed by atoms with E-state index in [0.29, 0.717) is 19.1 Å². The van der Waals surface area contributed by atoms with Crippen molar-refractivity contribution in [3.05, 3.63) is 0 Å². The minimum absolute atomic E-state index is 0.138. The van der Waals surface area contributed by atoms with Crippen molar-refractivity contribution in [2.75, 3.05) is 6.61 Å². The molecule has 0 aromatic heterocycles. The van der Waals surface area contributed by atoms with Gasteiger partial charge < -0.3 is 17.1 Å². The fraction of sp³-hybridized carbons (Fsp3) is 0.941. The van der Waals surface area contributed by atoms with Gasteiger partial charge in [0.25, 0.3) is 0 Å². The zero-order valence-electron chi connectivity index (χ0n) is 18.9. The molecule has 0 atom stereocenters. The van der Waals surface area contributed by atoms with E-state index in [2.05, 4.69) is 52.4 Å². The van der Waals surface area contributed by atoms with Gasteiger partial charge >= 0.3 is 14.8 Å². The molecular weight excluding hydrogens is 397 g/mol. The predicted octanol–water partition coefficient (Wildman–Crippen LogP) is 5.27. The fourth-order valence-electron chi connectivity index (χ4n) is 2.25. The SMILES string of the molecule is CCC(C)(C)C(=O)OCCC[Si](O[Si](C)C)(O[Si](C)(C)C)O[Si](C)(C)C. The van der Waals surface area contributed by atoms with Crippen LogP contribution in [0.3, 0.4) is 0 Å². The molecule has 0 heterocycles. The van der Waals surface area contributed by atoms with E-state index in [9.17, 15) is 4.79 Å². The third-order valence-corrected chi connectivity index (χ3v) is 14.8. The Balaban J connectivity index is 5.12. The highest BCUT2D eigenvalue weighted by Gasteiger charge is 2.47. The Hall–Kier alpha value is 0.218.